The van der Waals surface area contributed by atoms with Gasteiger partial charge in [0.15, 0.2) is 11.5 Å². The molecule has 0 radical (unpaired) electrons. The molecule has 1 saturated heterocycles. The third-order valence-corrected chi connectivity index (χ3v) is 5.02. The number of imide groups is 1. The maximum absolute atomic E-state index is 12.8. The van der Waals surface area contributed by atoms with Crippen LogP contribution in [0.5, 0.6) is 11.5 Å². The molecule has 4 amide bonds. The summed E-state index contributed by atoms with van der Waals surface area (Å²) in [6.45, 7) is 1.77. The van der Waals surface area contributed by atoms with Crippen LogP contribution in [0.1, 0.15) is 12.5 Å². The lowest BCUT2D eigenvalue weighted by Crippen LogP contribution is -2.46. The first-order valence-electron chi connectivity index (χ1n) is 9.32. The van der Waals surface area contributed by atoms with Gasteiger partial charge in [-0.05, 0) is 24.6 Å². The predicted octanol–water partition coefficient (Wildman–Crippen LogP) is 1.41. The van der Waals surface area contributed by atoms with E-state index in [1.807, 2.05) is 24.3 Å². The highest BCUT2D eigenvalue weighted by atomic mass is 16.6. The average Bonchev–Trinajstić information content (AvgIpc) is 2.96. The minimum Gasteiger partial charge on any atom is -0.486 e. The molecule has 1 fully saturated rings. The molecule has 8 heteroatoms. The van der Waals surface area contributed by atoms with Crippen molar-refractivity contribution in [3.8, 4) is 11.5 Å². The molecule has 29 heavy (non-hydrogen) atoms. The molecule has 0 aromatic heterocycles. The molecule has 4 rings (SSSR count). The molecule has 2 aliphatic heterocycles. The van der Waals surface area contributed by atoms with Crippen molar-refractivity contribution < 1.29 is 23.9 Å². The Kier molecular flexibility index (Phi) is 4.84. The van der Waals surface area contributed by atoms with Gasteiger partial charge in [-0.15, -0.1) is 0 Å². The molecule has 2 aromatic rings. The first kappa shape index (κ1) is 18.8. The molecule has 150 valence electrons. The van der Waals surface area contributed by atoms with Crippen molar-refractivity contribution in [2.24, 2.45) is 0 Å². The maximum Gasteiger partial charge on any atom is 0.325 e. The van der Waals surface area contributed by atoms with E-state index < -0.39 is 23.4 Å². The summed E-state index contributed by atoms with van der Waals surface area (Å²) in [7, 11) is 0. The number of rotatable bonds is 5. The molecule has 0 spiro atoms. The molecule has 2 heterocycles. The second kappa shape index (κ2) is 7.46. The zero-order valence-electron chi connectivity index (χ0n) is 15.9. The smallest absolute Gasteiger partial charge is 0.325 e. The van der Waals surface area contributed by atoms with Gasteiger partial charge in [0.2, 0.25) is 5.91 Å². The van der Waals surface area contributed by atoms with Crippen molar-refractivity contribution >= 4 is 17.8 Å². The fourth-order valence-corrected chi connectivity index (χ4v) is 3.40. The van der Waals surface area contributed by atoms with E-state index in [1.165, 1.54) is 0 Å². The first-order chi connectivity index (χ1) is 14.0. The Morgan fingerprint density at radius 3 is 2.59 bits per heavy atom. The van der Waals surface area contributed by atoms with Crippen LogP contribution in [0.3, 0.4) is 0 Å². The molecule has 0 bridgehead atoms. The Labute approximate surface area is 167 Å². The molecule has 2 aromatic carbocycles. The van der Waals surface area contributed by atoms with Crippen LogP contribution in [0.4, 0.5) is 4.79 Å². The fraction of sp³-hybridized carbons (Fsp3) is 0.286. The third kappa shape index (κ3) is 3.61. The van der Waals surface area contributed by atoms with Crippen LogP contribution in [-0.4, -0.2) is 48.5 Å². The Balaban J connectivity index is 1.34. The summed E-state index contributed by atoms with van der Waals surface area (Å²) in [5.41, 5.74) is -0.532. The van der Waals surface area contributed by atoms with Gasteiger partial charge in [0, 0.05) is 0 Å². The van der Waals surface area contributed by atoms with E-state index in [0.717, 1.165) is 4.90 Å². The minimum absolute atomic E-state index is 0.201. The minimum atomic E-state index is -1.19. The topological polar surface area (TPSA) is 97.0 Å². The van der Waals surface area contributed by atoms with Gasteiger partial charge in [0.25, 0.3) is 5.91 Å². The average molecular weight is 395 g/mol. The van der Waals surface area contributed by atoms with Gasteiger partial charge in [-0.1, -0.05) is 42.5 Å². The van der Waals surface area contributed by atoms with Crippen LogP contribution >= 0.6 is 0 Å². The van der Waals surface area contributed by atoms with Gasteiger partial charge in [0.05, 0.1) is 6.54 Å². The van der Waals surface area contributed by atoms with Crippen molar-refractivity contribution in [2.75, 3.05) is 19.7 Å². The largest absolute Gasteiger partial charge is 0.486 e. The molecule has 2 N–H and O–H groups in total. The van der Waals surface area contributed by atoms with E-state index in [4.69, 9.17) is 9.47 Å². The summed E-state index contributed by atoms with van der Waals surface area (Å²) in [5, 5.41) is 5.38. The number of urea groups is 1. The van der Waals surface area contributed by atoms with Crippen LogP contribution in [0.25, 0.3) is 0 Å². The highest BCUT2D eigenvalue weighted by Crippen LogP contribution is 2.31. The quantitative estimate of drug-likeness (QED) is 0.746. The maximum atomic E-state index is 12.8. The number of hydrogen-bond acceptors (Lipinski definition) is 5. The summed E-state index contributed by atoms with van der Waals surface area (Å²) in [6, 6.07) is 15.6. The van der Waals surface area contributed by atoms with Crippen molar-refractivity contribution in [3.05, 3.63) is 60.2 Å². The van der Waals surface area contributed by atoms with Gasteiger partial charge >= 0.3 is 6.03 Å². The molecular formula is C21H21N3O5. The van der Waals surface area contributed by atoms with E-state index in [-0.39, 0.29) is 19.2 Å². The Bertz CT molecular complexity index is 948. The van der Waals surface area contributed by atoms with Gasteiger partial charge in [-0.3, -0.25) is 14.5 Å². The number of nitrogens with zero attached hydrogens (tertiary/aromatic N) is 1. The molecule has 0 aliphatic carbocycles. The third-order valence-electron chi connectivity index (χ3n) is 5.02. The van der Waals surface area contributed by atoms with Crippen molar-refractivity contribution in [1.29, 1.82) is 0 Å². The summed E-state index contributed by atoms with van der Waals surface area (Å²) in [5.74, 6) is 0.364. The Hall–Kier alpha value is -3.55. The van der Waals surface area contributed by atoms with E-state index >= 15 is 0 Å². The standard InChI is InChI=1S/C21H21N3O5/c1-21(14-7-3-2-4-8-14)19(26)24(20(27)23-21)12-18(25)22-11-15-13-28-16-9-5-6-10-17(16)29-15/h2-10,15H,11-13H2,1H3,(H,22,25)(H,23,27)/t15-,21-/m0/s1. The molecular weight excluding hydrogens is 374 g/mol. The number of fused-ring (bicyclic) bond motifs is 1. The molecule has 8 nitrogen and oxygen atoms in total. The van der Waals surface area contributed by atoms with Crippen LogP contribution in [0.15, 0.2) is 54.6 Å². The van der Waals surface area contributed by atoms with Crippen LogP contribution < -0.4 is 20.1 Å². The van der Waals surface area contributed by atoms with E-state index in [2.05, 4.69) is 10.6 Å². The molecule has 2 atom stereocenters. The van der Waals surface area contributed by atoms with Gasteiger partial charge < -0.3 is 20.1 Å². The number of carbonyl (C=O) groups is 3. The molecule has 2 aliphatic rings. The van der Waals surface area contributed by atoms with Crippen molar-refractivity contribution in [2.45, 2.75) is 18.6 Å². The number of para-hydroxylation sites is 2. The van der Waals surface area contributed by atoms with Gasteiger partial charge in [0.1, 0.15) is 24.8 Å². The van der Waals surface area contributed by atoms with Crippen LogP contribution in [0.2, 0.25) is 0 Å². The zero-order chi connectivity index (χ0) is 20.4. The highest BCUT2D eigenvalue weighted by Gasteiger charge is 2.49. The second-order valence-electron chi connectivity index (χ2n) is 7.11. The first-order valence-corrected chi connectivity index (χ1v) is 9.32. The van der Waals surface area contributed by atoms with Gasteiger partial charge in [-0.2, -0.15) is 0 Å². The monoisotopic (exact) mass is 395 g/mol. The SMILES string of the molecule is C[C@@]1(c2ccccc2)NC(=O)N(CC(=O)NC[C@H]2COc3ccccc3O2)C1=O. The number of carbonyl (C=O) groups excluding carboxylic acids is 3. The number of nitrogens with one attached hydrogen (secondary N) is 2. The molecule has 0 saturated carbocycles. The Morgan fingerprint density at radius 2 is 1.83 bits per heavy atom. The lowest BCUT2D eigenvalue weighted by atomic mass is 9.92. The van der Waals surface area contributed by atoms with Crippen molar-refractivity contribution in [1.82, 2.24) is 15.5 Å². The summed E-state index contributed by atoms with van der Waals surface area (Å²) in [4.78, 5) is 38.4. The van der Waals surface area contributed by atoms with Crippen LogP contribution in [-0.2, 0) is 15.1 Å². The fourth-order valence-electron chi connectivity index (χ4n) is 3.40. The Morgan fingerprint density at radius 1 is 1.14 bits per heavy atom. The number of ether oxygens (including phenoxy) is 2. The normalized spacial score (nSPS) is 22.9. The number of amides is 4. The van der Waals surface area contributed by atoms with Crippen LogP contribution in [0, 0.1) is 0 Å². The summed E-state index contributed by atoms with van der Waals surface area (Å²) >= 11 is 0. The zero-order valence-corrected chi connectivity index (χ0v) is 15.9. The van der Waals surface area contributed by atoms with Gasteiger partial charge in [-0.25, -0.2) is 4.79 Å². The lowest BCUT2D eigenvalue weighted by molar-refractivity contribution is -0.134. The summed E-state index contributed by atoms with van der Waals surface area (Å²) < 4.78 is 11.4. The van der Waals surface area contributed by atoms with E-state index in [1.54, 1.807) is 37.3 Å². The predicted molar refractivity (Wildman–Crippen MR) is 103 cm³/mol. The van der Waals surface area contributed by atoms with E-state index in [9.17, 15) is 14.4 Å². The number of hydrogen-bond donors (Lipinski definition) is 2. The van der Waals surface area contributed by atoms with E-state index in [0.29, 0.717) is 23.7 Å². The number of benzene rings is 2. The summed E-state index contributed by atoms with van der Waals surface area (Å²) in [6.07, 6.45) is -0.355. The highest BCUT2D eigenvalue weighted by molar-refractivity contribution is 6.09. The van der Waals surface area contributed by atoms with Crippen molar-refractivity contribution in [3.63, 3.8) is 0 Å². The molecule has 0 unspecified atom stereocenters. The lowest BCUT2D eigenvalue weighted by Gasteiger charge is -2.26. The second-order valence-corrected chi connectivity index (χ2v) is 7.11.